The molecule has 23 heavy (non-hydrogen) atoms. The van der Waals surface area contributed by atoms with Crippen LogP contribution in [0.25, 0.3) is 0 Å². The third-order valence-corrected chi connectivity index (χ3v) is 6.11. The molecule has 2 saturated carbocycles. The maximum atomic E-state index is 6.45. The Bertz CT molecular complexity index is 494. The summed E-state index contributed by atoms with van der Waals surface area (Å²) in [6.07, 6.45) is 14.4. The van der Waals surface area contributed by atoms with Crippen molar-refractivity contribution in [3.63, 3.8) is 0 Å². The first-order valence-electron chi connectivity index (χ1n) is 9.16. The van der Waals surface area contributed by atoms with Gasteiger partial charge in [0.25, 0.3) is 0 Å². The summed E-state index contributed by atoms with van der Waals surface area (Å²) in [6.45, 7) is 0.461. The molecule has 2 aliphatic rings. The molecule has 2 aliphatic carbocycles. The molecule has 0 saturated heterocycles. The number of ether oxygens (including phenoxy) is 1. The van der Waals surface area contributed by atoms with Crippen LogP contribution in [0.4, 0.5) is 5.69 Å². The van der Waals surface area contributed by atoms with E-state index in [-0.39, 0.29) is 0 Å². The van der Waals surface area contributed by atoms with Crippen LogP contribution in [-0.4, -0.2) is 18.1 Å². The van der Waals surface area contributed by atoms with Crippen molar-refractivity contribution in [1.29, 1.82) is 0 Å². The van der Waals surface area contributed by atoms with Crippen LogP contribution in [0.2, 0.25) is 5.02 Å². The fourth-order valence-corrected chi connectivity index (χ4v) is 4.62. The molecule has 0 spiro atoms. The Morgan fingerprint density at radius 1 is 1.09 bits per heavy atom. The number of anilines is 1. The van der Waals surface area contributed by atoms with Crippen molar-refractivity contribution in [2.45, 2.75) is 70.4 Å². The number of rotatable bonds is 5. The molecule has 2 fully saturated rings. The number of aromatic nitrogens is 1. The summed E-state index contributed by atoms with van der Waals surface area (Å²) in [7, 11) is 1.67. The standard InChI is InChI=1S/C19H29ClN2O/c1-23-13-18-19(20)17(11-12-21-18)22-16-9-7-15(8-10-16)14-5-3-2-4-6-14/h11-12,14-16H,2-10,13H2,1H3,(H,21,22)/t15-,16+. The van der Waals surface area contributed by atoms with Crippen LogP contribution in [0.3, 0.4) is 0 Å². The summed E-state index contributed by atoms with van der Waals surface area (Å²) in [5.41, 5.74) is 1.82. The summed E-state index contributed by atoms with van der Waals surface area (Å²) in [5.74, 6) is 1.97. The quantitative estimate of drug-likeness (QED) is 0.778. The lowest BCUT2D eigenvalue weighted by Crippen LogP contribution is -2.30. The molecule has 0 bridgehead atoms. The van der Waals surface area contributed by atoms with E-state index >= 15 is 0 Å². The van der Waals surface area contributed by atoms with Crippen molar-refractivity contribution in [3.8, 4) is 0 Å². The largest absolute Gasteiger partial charge is 0.381 e. The number of nitrogens with one attached hydrogen (secondary N) is 1. The van der Waals surface area contributed by atoms with E-state index in [9.17, 15) is 0 Å². The van der Waals surface area contributed by atoms with Crippen LogP contribution in [0.5, 0.6) is 0 Å². The van der Waals surface area contributed by atoms with Gasteiger partial charge >= 0.3 is 0 Å². The van der Waals surface area contributed by atoms with Gasteiger partial charge in [0.1, 0.15) is 0 Å². The summed E-state index contributed by atoms with van der Waals surface area (Å²) >= 11 is 6.45. The highest BCUT2D eigenvalue weighted by atomic mass is 35.5. The monoisotopic (exact) mass is 336 g/mol. The molecule has 1 heterocycles. The van der Waals surface area contributed by atoms with Crippen molar-refractivity contribution >= 4 is 17.3 Å². The van der Waals surface area contributed by atoms with Gasteiger partial charge < -0.3 is 10.1 Å². The predicted octanol–water partition coefficient (Wildman–Crippen LogP) is 5.43. The normalized spacial score (nSPS) is 26.2. The zero-order valence-electron chi connectivity index (χ0n) is 14.2. The van der Waals surface area contributed by atoms with Gasteiger partial charge in [-0.1, -0.05) is 43.7 Å². The van der Waals surface area contributed by atoms with Crippen LogP contribution in [0.1, 0.15) is 63.5 Å². The number of hydrogen-bond donors (Lipinski definition) is 1. The molecule has 1 aromatic heterocycles. The average Bonchev–Trinajstić information content (AvgIpc) is 2.60. The second-order valence-corrected chi connectivity index (χ2v) is 7.58. The number of hydrogen-bond acceptors (Lipinski definition) is 3. The molecule has 3 nitrogen and oxygen atoms in total. The summed E-state index contributed by atoms with van der Waals surface area (Å²) in [4.78, 5) is 4.30. The average molecular weight is 337 g/mol. The molecule has 4 heteroatoms. The molecular formula is C19H29ClN2O. The highest BCUT2D eigenvalue weighted by molar-refractivity contribution is 6.33. The van der Waals surface area contributed by atoms with Gasteiger partial charge in [-0.3, -0.25) is 4.98 Å². The third-order valence-electron chi connectivity index (χ3n) is 5.69. The number of methoxy groups -OCH3 is 1. The van der Waals surface area contributed by atoms with E-state index in [0.29, 0.717) is 17.7 Å². The Morgan fingerprint density at radius 2 is 1.78 bits per heavy atom. The van der Waals surface area contributed by atoms with Gasteiger partial charge in [-0.2, -0.15) is 0 Å². The van der Waals surface area contributed by atoms with Crippen LogP contribution >= 0.6 is 11.6 Å². The fraction of sp³-hybridized carbons (Fsp3) is 0.737. The van der Waals surface area contributed by atoms with Crippen molar-refractivity contribution in [1.82, 2.24) is 4.98 Å². The molecule has 3 rings (SSSR count). The van der Waals surface area contributed by atoms with E-state index in [0.717, 1.165) is 23.2 Å². The van der Waals surface area contributed by atoms with Gasteiger partial charge in [-0.15, -0.1) is 0 Å². The maximum absolute atomic E-state index is 6.45. The lowest BCUT2D eigenvalue weighted by molar-refractivity contribution is 0.181. The van der Waals surface area contributed by atoms with Crippen LogP contribution in [0, 0.1) is 11.8 Å². The Hall–Kier alpha value is -0.800. The van der Waals surface area contributed by atoms with Crippen LogP contribution < -0.4 is 5.32 Å². The van der Waals surface area contributed by atoms with Crippen molar-refractivity contribution < 1.29 is 4.74 Å². The summed E-state index contributed by atoms with van der Waals surface area (Å²) in [6, 6.07) is 2.53. The van der Waals surface area contributed by atoms with E-state index in [1.54, 1.807) is 7.11 Å². The van der Waals surface area contributed by atoms with Crippen molar-refractivity contribution in [2.75, 3.05) is 12.4 Å². The maximum Gasteiger partial charge on any atom is 0.0900 e. The summed E-state index contributed by atoms with van der Waals surface area (Å²) in [5, 5.41) is 4.36. The van der Waals surface area contributed by atoms with E-state index < -0.39 is 0 Å². The van der Waals surface area contributed by atoms with Crippen LogP contribution in [-0.2, 0) is 11.3 Å². The van der Waals surface area contributed by atoms with Gasteiger partial charge in [0.2, 0.25) is 0 Å². The molecular weight excluding hydrogens is 308 g/mol. The van der Waals surface area contributed by atoms with Crippen molar-refractivity contribution in [2.24, 2.45) is 11.8 Å². The minimum absolute atomic E-state index is 0.461. The minimum Gasteiger partial charge on any atom is -0.381 e. The molecule has 0 aromatic carbocycles. The Balaban J connectivity index is 1.53. The van der Waals surface area contributed by atoms with Gasteiger partial charge in [-0.25, -0.2) is 0 Å². The third kappa shape index (κ3) is 4.39. The Kier molecular flexibility index (Phi) is 6.18. The van der Waals surface area contributed by atoms with E-state index in [1.165, 1.54) is 57.8 Å². The minimum atomic E-state index is 0.461. The fourth-order valence-electron chi connectivity index (χ4n) is 4.40. The first-order chi connectivity index (χ1) is 11.3. The predicted molar refractivity (Wildman–Crippen MR) is 95.9 cm³/mol. The molecule has 1 aromatic rings. The Morgan fingerprint density at radius 3 is 2.48 bits per heavy atom. The molecule has 0 unspecified atom stereocenters. The molecule has 0 aliphatic heterocycles. The van der Waals surface area contributed by atoms with Gasteiger partial charge in [0, 0.05) is 19.3 Å². The first-order valence-corrected chi connectivity index (χ1v) is 9.54. The molecule has 0 atom stereocenters. The van der Waals surface area contributed by atoms with Crippen LogP contribution in [0.15, 0.2) is 12.3 Å². The number of nitrogens with zero attached hydrogens (tertiary/aromatic N) is 1. The lowest BCUT2D eigenvalue weighted by atomic mass is 9.72. The van der Waals surface area contributed by atoms with Gasteiger partial charge in [-0.05, 0) is 43.6 Å². The van der Waals surface area contributed by atoms with Crippen molar-refractivity contribution in [3.05, 3.63) is 23.0 Å². The first kappa shape index (κ1) is 17.0. The zero-order valence-corrected chi connectivity index (χ0v) is 14.9. The Labute approximate surface area is 145 Å². The van der Waals surface area contributed by atoms with Gasteiger partial charge in [0.05, 0.1) is 23.0 Å². The SMILES string of the molecule is COCc1nccc(N[C@H]2CC[C@@H](C3CCCCC3)CC2)c1Cl. The highest BCUT2D eigenvalue weighted by Crippen LogP contribution is 2.39. The highest BCUT2D eigenvalue weighted by Gasteiger charge is 2.28. The van der Waals surface area contributed by atoms with E-state index in [2.05, 4.69) is 10.3 Å². The second-order valence-electron chi connectivity index (χ2n) is 7.21. The lowest BCUT2D eigenvalue weighted by Gasteiger charge is -2.36. The molecule has 0 amide bonds. The number of halogens is 1. The van der Waals surface area contributed by atoms with E-state index in [1.807, 2.05) is 12.3 Å². The second kappa shape index (κ2) is 8.34. The van der Waals surface area contributed by atoms with Gasteiger partial charge in [0.15, 0.2) is 0 Å². The zero-order chi connectivity index (χ0) is 16.1. The molecule has 1 N–H and O–H groups in total. The number of pyridine rings is 1. The van der Waals surface area contributed by atoms with E-state index in [4.69, 9.17) is 16.3 Å². The topological polar surface area (TPSA) is 34.1 Å². The molecule has 0 radical (unpaired) electrons. The smallest absolute Gasteiger partial charge is 0.0900 e. The summed E-state index contributed by atoms with van der Waals surface area (Å²) < 4.78 is 5.16. The molecule has 128 valence electrons.